The standard InChI is InChI=1S/C18H21N5O2/c24-18(15-11-16(25-21-15)12-4-5-12)23-8-6-22(7-9-23)17-10-13-2-1-3-14(13)19-20-17/h10-12H,1-9H2. The topological polar surface area (TPSA) is 75.4 Å². The Kier molecular flexibility index (Phi) is 3.46. The molecule has 3 aliphatic rings. The largest absolute Gasteiger partial charge is 0.360 e. The van der Waals surface area contributed by atoms with E-state index in [1.54, 1.807) is 0 Å². The first-order valence-electron chi connectivity index (χ1n) is 9.14. The molecule has 130 valence electrons. The number of rotatable bonds is 3. The minimum absolute atomic E-state index is 0.0321. The smallest absolute Gasteiger partial charge is 0.276 e. The molecule has 1 saturated carbocycles. The molecular formula is C18H21N5O2. The van der Waals surface area contributed by atoms with E-state index in [1.165, 1.54) is 12.0 Å². The van der Waals surface area contributed by atoms with E-state index < -0.39 is 0 Å². The molecule has 3 heterocycles. The molecule has 0 spiro atoms. The molecule has 7 heteroatoms. The number of hydrogen-bond acceptors (Lipinski definition) is 6. The van der Waals surface area contributed by atoms with Crippen LogP contribution in [0.1, 0.15) is 52.7 Å². The highest BCUT2D eigenvalue weighted by molar-refractivity contribution is 5.92. The fourth-order valence-corrected chi connectivity index (χ4v) is 3.72. The average molecular weight is 339 g/mol. The summed E-state index contributed by atoms with van der Waals surface area (Å²) in [6, 6.07) is 3.99. The van der Waals surface area contributed by atoms with Crippen molar-refractivity contribution in [3.63, 3.8) is 0 Å². The van der Waals surface area contributed by atoms with E-state index in [1.807, 2.05) is 11.0 Å². The third-order valence-corrected chi connectivity index (χ3v) is 5.42. The quantitative estimate of drug-likeness (QED) is 0.849. The van der Waals surface area contributed by atoms with Gasteiger partial charge in [0, 0.05) is 38.2 Å². The second kappa shape index (κ2) is 5.82. The summed E-state index contributed by atoms with van der Waals surface area (Å²) in [6.07, 6.45) is 5.61. The van der Waals surface area contributed by atoms with E-state index in [-0.39, 0.29) is 5.91 Å². The van der Waals surface area contributed by atoms with Gasteiger partial charge in [0.1, 0.15) is 5.76 Å². The molecule has 1 aliphatic heterocycles. The summed E-state index contributed by atoms with van der Waals surface area (Å²) >= 11 is 0. The van der Waals surface area contributed by atoms with Gasteiger partial charge in [0.05, 0.1) is 5.69 Å². The molecule has 2 aromatic heterocycles. The monoisotopic (exact) mass is 339 g/mol. The Labute approximate surface area is 146 Å². The normalized spacial score (nSPS) is 20.0. The Balaban J connectivity index is 1.23. The van der Waals surface area contributed by atoms with Crippen LogP contribution in [-0.2, 0) is 12.8 Å². The molecule has 0 aromatic carbocycles. The highest BCUT2D eigenvalue weighted by atomic mass is 16.5. The lowest BCUT2D eigenvalue weighted by Crippen LogP contribution is -2.49. The maximum absolute atomic E-state index is 12.6. The lowest BCUT2D eigenvalue weighted by molar-refractivity contribution is 0.0736. The maximum atomic E-state index is 12.6. The molecule has 2 fully saturated rings. The second-order valence-corrected chi connectivity index (χ2v) is 7.20. The van der Waals surface area contributed by atoms with Gasteiger partial charge in [-0.1, -0.05) is 5.16 Å². The summed E-state index contributed by atoms with van der Waals surface area (Å²) in [5, 5.41) is 12.7. The predicted octanol–water partition coefficient (Wildman–Crippen LogP) is 1.79. The number of piperazine rings is 1. The van der Waals surface area contributed by atoms with Crippen LogP contribution in [0.15, 0.2) is 16.7 Å². The van der Waals surface area contributed by atoms with Crippen molar-refractivity contribution in [1.82, 2.24) is 20.3 Å². The van der Waals surface area contributed by atoms with Gasteiger partial charge in [0.15, 0.2) is 11.5 Å². The van der Waals surface area contributed by atoms with Gasteiger partial charge >= 0.3 is 0 Å². The van der Waals surface area contributed by atoms with Crippen LogP contribution in [0.5, 0.6) is 0 Å². The molecule has 0 unspecified atom stereocenters. The molecular weight excluding hydrogens is 318 g/mol. The Morgan fingerprint density at radius 1 is 1.08 bits per heavy atom. The van der Waals surface area contributed by atoms with E-state index in [0.29, 0.717) is 24.7 Å². The van der Waals surface area contributed by atoms with Crippen LogP contribution >= 0.6 is 0 Å². The van der Waals surface area contributed by atoms with Gasteiger partial charge in [-0.05, 0) is 43.7 Å². The molecule has 1 saturated heterocycles. The van der Waals surface area contributed by atoms with Gasteiger partial charge in [0.2, 0.25) is 0 Å². The Morgan fingerprint density at radius 3 is 2.72 bits per heavy atom. The van der Waals surface area contributed by atoms with Crippen molar-refractivity contribution >= 4 is 11.7 Å². The Bertz CT molecular complexity index is 806. The number of hydrogen-bond donors (Lipinski definition) is 0. The second-order valence-electron chi connectivity index (χ2n) is 7.20. The van der Waals surface area contributed by atoms with Crippen molar-refractivity contribution in [2.24, 2.45) is 0 Å². The zero-order valence-electron chi connectivity index (χ0n) is 14.1. The molecule has 7 nitrogen and oxygen atoms in total. The molecule has 25 heavy (non-hydrogen) atoms. The summed E-state index contributed by atoms with van der Waals surface area (Å²) in [7, 11) is 0. The van der Waals surface area contributed by atoms with Crippen LogP contribution in [-0.4, -0.2) is 52.3 Å². The minimum Gasteiger partial charge on any atom is -0.360 e. The number of anilines is 1. The van der Waals surface area contributed by atoms with Crippen molar-refractivity contribution in [2.75, 3.05) is 31.1 Å². The molecule has 2 aliphatic carbocycles. The molecule has 2 aromatic rings. The minimum atomic E-state index is -0.0321. The van der Waals surface area contributed by atoms with Crippen LogP contribution in [0.4, 0.5) is 5.82 Å². The van der Waals surface area contributed by atoms with Gasteiger partial charge in [-0.3, -0.25) is 4.79 Å². The zero-order valence-corrected chi connectivity index (χ0v) is 14.1. The molecule has 0 N–H and O–H groups in total. The van der Waals surface area contributed by atoms with Gasteiger partial charge < -0.3 is 14.3 Å². The van der Waals surface area contributed by atoms with Crippen LogP contribution in [0.2, 0.25) is 0 Å². The number of carbonyl (C=O) groups is 1. The number of aryl methyl sites for hydroxylation is 2. The molecule has 0 radical (unpaired) electrons. The first kappa shape index (κ1) is 14.9. The summed E-state index contributed by atoms with van der Waals surface area (Å²) in [5.41, 5.74) is 2.92. The molecule has 0 bridgehead atoms. The summed E-state index contributed by atoms with van der Waals surface area (Å²) < 4.78 is 5.31. The predicted molar refractivity (Wildman–Crippen MR) is 90.7 cm³/mol. The van der Waals surface area contributed by atoms with Crippen molar-refractivity contribution in [3.05, 3.63) is 34.8 Å². The number of carbonyl (C=O) groups excluding carboxylic acids is 1. The first-order chi connectivity index (χ1) is 12.3. The average Bonchev–Trinajstić information content (AvgIpc) is 3.20. The SMILES string of the molecule is O=C(c1cc(C2CC2)on1)N1CCN(c2cc3c(nn2)CCC3)CC1. The number of nitrogens with zero attached hydrogens (tertiary/aromatic N) is 5. The molecule has 5 rings (SSSR count). The first-order valence-corrected chi connectivity index (χ1v) is 9.14. The third-order valence-electron chi connectivity index (χ3n) is 5.42. The Hall–Kier alpha value is -2.44. The van der Waals surface area contributed by atoms with Crippen molar-refractivity contribution in [1.29, 1.82) is 0 Å². The van der Waals surface area contributed by atoms with Gasteiger partial charge in [-0.15, -0.1) is 5.10 Å². The Morgan fingerprint density at radius 2 is 1.92 bits per heavy atom. The third kappa shape index (κ3) is 2.77. The summed E-state index contributed by atoms with van der Waals surface area (Å²) in [6.45, 7) is 2.88. The fraction of sp³-hybridized carbons (Fsp3) is 0.556. The number of amides is 1. The van der Waals surface area contributed by atoms with Crippen LogP contribution in [0, 0.1) is 0 Å². The zero-order chi connectivity index (χ0) is 16.8. The van der Waals surface area contributed by atoms with Crippen LogP contribution in [0.3, 0.4) is 0 Å². The fourth-order valence-electron chi connectivity index (χ4n) is 3.72. The summed E-state index contributed by atoms with van der Waals surface area (Å²) in [5.74, 6) is 2.24. The lowest BCUT2D eigenvalue weighted by Gasteiger charge is -2.34. The van der Waals surface area contributed by atoms with E-state index >= 15 is 0 Å². The molecule has 0 atom stereocenters. The van der Waals surface area contributed by atoms with Gasteiger partial charge in [-0.2, -0.15) is 5.10 Å². The van der Waals surface area contributed by atoms with E-state index in [0.717, 1.165) is 56.0 Å². The highest BCUT2D eigenvalue weighted by Gasteiger charge is 2.31. The van der Waals surface area contributed by atoms with Crippen LogP contribution in [0.25, 0.3) is 0 Å². The van der Waals surface area contributed by atoms with E-state index in [2.05, 4.69) is 26.3 Å². The van der Waals surface area contributed by atoms with Crippen molar-refractivity contribution in [2.45, 2.75) is 38.0 Å². The number of fused-ring (bicyclic) bond motifs is 1. The number of aromatic nitrogens is 3. The van der Waals surface area contributed by atoms with Crippen LogP contribution < -0.4 is 4.90 Å². The van der Waals surface area contributed by atoms with Crippen molar-refractivity contribution in [3.8, 4) is 0 Å². The summed E-state index contributed by atoms with van der Waals surface area (Å²) in [4.78, 5) is 16.7. The molecule has 1 amide bonds. The lowest BCUT2D eigenvalue weighted by atomic mass is 10.2. The highest BCUT2D eigenvalue weighted by Crippen LogP contribution is 2.40. The van der Waals surface area contributed by atoms with Gasteiger partial charge in [-0.25, -0.2) is 0 Å². The van der Waals surface area contributed by atoms with Crippen molar-refractivity contribution < 1.29 is 9.32 Å². The van der Waals surface area contributed by atoms with Gasteiger partial charge in [0.25, 0.3) is 5.91 Å². The van der Waals surface area contributed by atoms with E-state index in [9.17, 15) is 4.79 Å². The maximum Gasteiger partial charge on any atom is 0.276 e. The van der Waals surface area contributed by atoms with E-state index in [4.69, 9.17) is 4.52 Å².